The van der Waals surface area contributed by atoms with E-state index in [4.69, 9.17) is 27.9 Å². The molecule has 0 aliphatic heterocycles. The van der Waals surface area contributed by atoms with Crippen LogP contribution in [0.4, 0.5) is 0 Å². The van der Waals surface area contributed by atoms with Gasteiger partial charge in [-0.15, -0.1) is 10.2 Å². The topological polar surface area (TPSA) is 52.1 Å². The predicted octanol–water partition coefficient (Wildman–Crippen LogP) is 3.13. The zero-order valence-electron chi connectivity index (χ0n) is 9.16. The number of rotatable bonds is 4. The van der Waals surface area contributed by atoms with Crippen molar-refractivity contribution in [3.8, 4) is 0 Å². The van der Waals surface area contributed by atoms with Gasteiger partial charge in [0.15, 0.2) is 10.3 Å². The molecule has 1 aliphatic rings. The average molecular weight is 275 g/mol. The van der Waals surface area contributed by atoms with Gasteiger partial charge in [0.1, 0.15) is 5.56 Å². The highest BCUT2D eigenvalue weighted by Crippen LogP contribution is 2.29. The minimum atomic E-state index is -0.494. The fraction of sp³-hybridized carbons (Fsp3) is 0.545. The quantitative estimate of drug-likeness (QED) is 0.792. The van der Waals surface area contributed by atoms with Gasteiger partial charge in [-0.05, 0) is 18.4 Å². The van der Waals surface area contributed by atoms with Gasteiger partial charge in [0.05, 0.1) is 6.61 Å². The van der Waals surface area contributed by atoms with E-state index in [0.29, 0.717) is 12.5 Å². The molecule has 6 heteroatoms. The zero-order valence-corrected chi connectivity index (χ0v) is 10.7. The van der Waals surface area contributed by atoms with Crippen molar-refractivity contribution in [1.82, 2.24) is 10.2 Å². The van der Waals surface area contributed by atoms with Crippen LogP contribution in [0.1, 0.15) is 36.0 Å². The van der Waals surface area contributed by atoms with E-state index in [1.807, 2.05) is 0 Å². The summed E-state index contributed by atoms with van der Waals surface area (Å²) in [6.07, 6.45) is 4.67. The molecule has 0 radical (unpaired) electrons. The number of nitrogens with zero attached hydrogens (tertiary/aromatic N) is 2. The van der Waals surface area contributed by atoms with Gasteiger partial charge in [0.2, 0.25) is 0 Å². The maximum atomic E-state index is 11.7. The molecule has 1 saturated carbocycles. The second-order valence-corrected chi connectivity index (χ2v) is 4.84. The summed E-state index contributed by atoms with van der Waals surface area (Å²) in [5.41, 5.74) is 0.167. The van der Waals surface area contributed by atoms with Crippen LogP contribution in [0.5, 0.6) is 0 Å². The molecule has 92 valence electrons. The van der Waals surface area contributed by atoms with Crippen LogP contribution in [0.3, 0.4) is 0 Å². The summed E-state index contributed by atoms with van der Waals surface area (Å²) < 4.78 is 5.12. The molecule has 4 nitrogen and oxygen atoms in total. The second-order valence-electron chi connectivity index (χ2n) is 4.09. The molecule has 0 aromatic carbocycles. The first-order chi connectivity index (χ1) is 8.16. The number of hydrogen-bond acceptors (Lipinski definition) is 4. The van der Waals surface area contributed by atoms with Gasteiger partial charge in [-0.2, -0.15) is 0 Å². The highest BCUT2D eigenvalue weighted by molar-refractivity contribution is 6.33. The fourth-order valence-corrected chi connectivity index (χ4v) is 1.99. The van der Waals surface area contributed by atoms with Gasteiger partial charge < -0.3 is 4.74 Å². The Bertz CT molecular complexity index is 422. The highest BCUT2D eigenvalue weighted by Gasteiger charge is 2.19. The molecule has 0 atom stereocenters. The minimum absolute atomic E-state index is 0.0167. The zero-order chi connectivity index (χ0) is 12.3. The molecule has 1 heterocycles. The average Bonchev–Trinajstić information content (AvgIpc) is 2.25. The molecule has 17 heavy (non-hydrogen) atoms. The lowest BCUT2D eigenvalue weighted by molar-refractivity contribution is 0.0464. The first kappa shape index (κ1) is 12.6. The molecule has 0 N–H and O–H groups in total. The third-order valence-corrected chi connectivity index (χ3v) is 3.39. The van der Waals surface area contributed by atoms with Crippen LogP contribution in [0.15, 0.2) is 6.07 Å². The Balaban J connectivity index is 1.87. The molecule has 0 bridgehead atoms. The third kappa shape index (κ3) is 3.30. The van der Waals surface area contributed by atoms with Gasteiger partial charge in [-0.1, -0.05) is 42.5 Å². The molecule has 0 spiro atoms. The largest absolute Gasteiger partial charge is 0.462 e. The molecule has 1 aliphatic carbocycles. The molecular weight excluding hydrogens is 263 g/mol. The Kier molecular flexibility index (Phi) is 4.18. The van der Waals surface area contributed by atoms with Crippen molar-refractivity contribution in [2.75, 3.05) is 6.61 Å². The smallest absolute Gasteiger partial charge is 0.341 e. The first-order valence-electron chi connectivity index (χ1n) is 5.52. The minimum Gasteiger partial charge on any atom is -0.462 e. The number of carbonyl (C=O) groups is 1. The van der Waals surface area contributed by atoms with Crippen LogP contribution < -0.4 is 0 Å². The van der Waals surface area contributed by atoms with E-state index >= 15 is 0 Å². The Hall–Kier alpha value is -0.870. The summed E-state index contributed by atoms with van der Waals surface area (Å²) in [6, 6.07) is 1.36. The maximum absolute atomic E-state index is 11.7. The molecule has 1 aromatic heterocycles. The van der Waals surface area contributed by atoms with Crippen LogP contribution in [0.2, 0.25) is 10.3 Å². The van der Waals surface area contributed by atoms with Crippen molar-refractivity contribution in [2.45, 2.75) is 25.7 Å². The molecule has 0 unspecified atom stereocenters. The van der Waals surface area contributed by atoms with Gasteiger partial charge in [0, 0.05) is 0 Å². The van der Waals surface area contributed by atoms with Crippen molar-refractivity contribution in [3.05, 3.63) is 21.9 Å². The molecular formula is C11H12Cl2N2O2. The Morgan fingerprint density at radius 3 is 2.82 bits per heavy atom. The van der Waals surface area contributed by atoms with Crippen LogP contribution in [0.25, 0.3) is 0 Å². The number of aromatic nitrogens is 2. The lowest BCUT2D eigenvalue weighted by atomic mass is 9.83. The Morgan fingerprint density at radius 1 is 1.41 bits per heavy atom. The van der Waals surface area contributed by atoms with Gasteiger partial charge in [-0.25, -0.2) is 4.79 Å². The van der Waals surface area contributed by atoms with Crippen molar-refractivity contribution in [2.24, 2.45) is 5.92 Å². The van der Waals surface area contributed by atoms with E-state index in [-0.39, 0.29) is 15.9 Å². The van der Waals surface area contributed by atoms with E-state index < -0.39 is 5.97 Å². The van der Waals surface area contributed by atoms with Crippen molar-refractivity contribution in [1.29, 1.82) is 0 Å². The van der Waals surface area contributed by atoms with Crippen LogP contribution >= 0.6 is 23.2 Å². The number of halogens is 2. The highest BCUT2D eigenvalue weighted by atomic mass is 35.5. The number of carbonyl (C=O) groups excluding carboxylic acids is 1. The van der Waals surface area contributed by atoms with Gasteiger partial charge in [-0.3, -0.25) is 0 Å². The fourth-order valence-electron chi connectivity index (χ4n) is 1.67. The van der Waals surface area contributed by atoms with E-state index in [1.54, 1.807) is 0 Å². The summed E-state index contributed by atoms with van der Waals surface area (Å²) in [6.45, 7) is 0.416. The van der Waals surface area contributed by atoms with E-state index in [2.05, 4.69) is 10.2 Å². The summed E-state index contributed by atoms with van der Waals surface area (Å²) in [4.78, 5) is 11.7. The van der Waals surface area contributed by atoms with E-state index in [9.17, 15) is 4.79 Å². The van der Waals surface area contributed by atoms with Crippen molar-refractivity contribution < 1.29 is 9.53 Å². The lowest BCUT2D eigenvalue weighted by Crippen LogP contribution is -2.16. The van der Waals surface area contributed by atoms with Crippen LogP contribution in [0, 0.1) is 5.92 Å². The Labute approximate surface area is 109 Å². The SMILES string of the molecule is O=C(OCCC1CCC1)c1cc(Cl)nnc1Cl. The van der Waals surface area contributed by atoms with Gasteiger partial charge >= 0.3 is 5.97 Å². The van der Waals surface area contributed by atoms with Crippen molar-refractivity contribution in [3.63, 3.8) is 0 Å². The normalized spacial score (nSPS) is 15.4. The maximum Gasteiger partial charge on any atom is 0.341 e. The lowest BCUT2D eigenvalue weighted by Gasteiger charge is -2.24. The van der Waals surface area contributed by atoms with E-state index in [0.717, 1.165) is 6.42 Å². The molecule has 0 saturated heterocycles. The summed E-state index contributed by atoms with van der Waals surface area (Å²) in [5, 5.41) is 7.22. The number of ether oxygens (including phenoxy) is 1. The monoisotopic (exact) mass is 274 g/mol. The summed E-state index contributed by atoms with van der Waals surface area (Å²) in [5.74, 6) is 0.212. The molecule has 1 aromatic rings. The second kappa shape index (κ2) is 5.65. The predicted molar refractivity (Wildman–Crippen MR) is 64.3 cm³/mol. The first-order valence-corrected chi connectivity index (χ1v) is 6.28. The molecule has 1 fully saturated rings. The summed E-state index contributed by atoms with van der Waals surface area (Å²) in [7, 11) is 0. The van der Waals surface area contributed by atoms with Crippen LogP contribution in [-0.4, -0.2) is 22.8 Å². The summed E-state index contributed by atoms with van der Waals surface area (Å²) >= 11 is 11.4. The third-order valence-electron chi connectivity index (χ3n) is 2.92. The molecule has 2 rings (SSSR count). The van der Waals surface area contributed by atoms with Crippen LogP contribution in [-0.2, 0) is 4.74 Å². The van der Waals surface area contributed by atoms with Crippen molar-refractivity contribution >= 4 is 29.2 Å². The standard InChI is InChI=1S/C11H12Cl2N2O2/c12-9-6-8(10(13)15-14-9)11(16)17-5-4-7-2-1-3-7/h6-7H,1-5H2. The molecule has 0 amide bonds. The van der Waals surface area contributed by atoms with E-state index in [1.165, 1.54) is 25.3 Å². The number of esters is 1. The Morgan fingerprint density at radius 2 is 2.18 bits per heavy atom. The van der Waals surface area contributed by atoms with Gasteiger partial charge in [0.25, 0.3) is 0 Å². The number of hydrogen-bond donors (Lipinski definition) is 0.